The molecule has 2 fully saturated rings. The molecule has 0 amide bonds. The summed E-state index contributed by atoms with van der Waals surface area (Å²) in [6, 6.07) is 10.1. The van der Waals surface area contributed by atoms with Crippen molar-refractivity contribution in [1.82, 2.24) is 5.32 Å². The van der Waals surface area contributed by atoms with Gasteiger partial charge in [0.1, 0.15) is 0 Å². The van der Waals surface area contributed by atoms with Crippen LogP contribution in [0.1, 0.15) is 25.7 Å². The van der Waals surface area contributed by atoms with Gasteiger partial charge in [-0.15, -0.1) is 0 Å². The Kier molecular flexibility index (Phi) is 2.78. The van der Waals surface area contributed by atoms with Crippen molar-refractivity contribution in [3.63, 3.8) is 0 Å². The van der Waals surface area contributed by atoms with Gasteiger partial charge >= 0.3 is 0 Å². The third kappa shape index (κ3) is 2.18. The third-order valence-corrected chi connectivity index (χ3v) is 3.94. The van der Waals surface area contributed by atoms with Crippen LogP contribution >= 0.6 is 11.6 Å². The summed E-state index contributed by atoms with van der Waals surface area (Å²) in [4.78, 5) is 0. The van der Waals surface area contributed by atoms with Gasteiger partial charge < -0.3 is 10.6 Å². The van der Waals surface area contributed by atoms with Crippen molar-refractivity contribution in [3.8, 4) is 0 Å². The van der Waals surface area contributed by atoms with E-state index in [0.29, 0.717) is 6.04 Å². The topological polar surface area (TPSA) is 24.1 Å². The predicted molar refractivity (Wildman–Crippen MR) is 68.0 cm³/mol. The molecule has 86 valence electrons. The summed E-state index contributed by atoms with van der Waals surface area (Å²) in [6.45, 7) is 0. The molecule has 0 spiro atoms. The number of piperidine rings is 1. The molecule has 2 nitrogen and oxygen atoms in total. The molecular formula is C13H17ClN2. The molecule has 2 saturated heterocycles. The van der Waals surface area contributed by atoms with E-state index in [4.69, 9.17) is 11.6 Å². The minimum Gasteiger partial charge on any atom is -0.382 e. The second kappa shape index (κ2) is 4.27. The van der Waals surface area contributed by atoms with E-state index in [2.05, 4.69) is 22.8 Å². The van der Waals surface area contributed by atoms with Crippen LogP contribution in [-0.4, -0.2) is 18.1 Å². The minimum absolute atomic E-state index is 0.625. The van der Waals surface area contributed by atoms with Crippen LogP contribution in [0.15, 0.2) is 24.3 Å². The number of hydrogen-bond acceptors (Lipinski definition) is 2. The highest BCUT2D eigenvalue weighted by molar-refractivity contribution is 6.30. The average Bonchev–Trinajstić information content (AvgIpc) is 2.62. The molecular weight excluding hydrogens is 220 g/mol. The van der Waals surface area contributed by atoms with Crippen LogP contribution in [0.2, 0.25) is 5.02 Å². The Balaban J connectivity index is 1.64. The monoisotopic (exact) mass is 236 g/mol. The molecule has 0 saturated carbocycles. The first-order chi connectivity index (χ1) is 7.79. The summed E-state index contributed by atoms with van der Waals surface area (Å²) in [5.74, 6) is 0. The van der Waals surface area contributed by atoms with E-state index in [9.17, 15) is 0 Å². The van der Waals surface area contributed by atoms with Crippen LogP contribution in [0, 0.1) is 0 Å². The Morgan fingerprint density at radius 3 is 2.31 bits per heavy atom. The lowest BCUT2D eigenvalue weighted by Crippen LogP contribution is -2.43. The SMILES string of the molecule is Clc1ccc(NC2CC3CCC(C2)N3)cc1. The molecule has 2 bridgehead atoms. The van der Waals surface area contributed by atoms with E-state index in [1.54, 1.807) is 0 Å². The zero-order chi connectivity index (χ0) is 11.0. The summed E-state index contributed by atoms with van der Waals surface area (Å²) in [5.41, 5.74) is 1.19. The number of nitrogens with one attached hydrogen (secondary N) is 2. The van der Waals surface area contributed by atoms with Crippen LogP contribution in [-0.2, 0) is 0 Å². The normalized spacial score (nSPS) is 32.7. The van der Waals surface area contributed by atoms with E-state index < -0.39 is 0 Å². The van der Waals surface area contributed by atoms with Crippen molar-refractivity contribution >= 4 is 17.3 Å². The van der Waals surface area contributed by atoms with Gasteiger partial charge in [-0.2, -0.15) is 0 Å². The van der Waals surface area contributed by atoms with Gasteiger partial charge in [-0.1, -0.05) is 11.6 Å². The van der Waals surface area contributed by atoms with Crippen molar-refractivity contribution in [2.75, 3.05) is 5.32 Å². The Labute approximate surface area is 101 Å². The fraction of sp³-hybridized carbons (Fsp3) is 0.538. The van der Waals surface area contributed by atoms with Gasteiger partial charge in [-0.25, -0.2) is 0 Å². The van der Waals surface area contributed by atoms with Crippen LogP contribution in [0.4, 0.5) is 5.69 Å². The van der Waals surface area contributed by atoms with Crippen molar-refractivity contribution in [1.29, 1.82) is 0 Å². The fourth-order valence-electron chi connectivity index (χ4n) is 2.96. The molecule has 0 radical (unpaired) electrons. The van der Waals surface area contributed by atoms with Gasteiger partial charge in [0, 0.05) is 28.8 Å². The number of anilines is 1. The third-order valence-electron chi connectivity index (χ3n) is 3.69. The van der Waals surface area contributed by atoms with Gasteiger partial charge in [-0.05, 0) is 49.9 Å². The minimum atomic E-state index is 0.625. The molecule has 3 heteroatoms. The second-order valence-electron chi connectivity index (χ2n) is 4.96. The number of fused-ring (bicyclic) bond motifs is 2. The molecule has 2 atom stereocenters. The van der Waals surface area contributed by atoms with E-state index in [1.165, 1.54) is 31.4 Å². The Bertz CT molecular complexity index is 351. The fourth-order valence-corrected chi connectivity index (χ4v) is 3.08. The first kappa shape index (κ1) is 10.4. The second-order valence-corrected chi connectivity index (χ2v) is 5.39. The maximum atomic E-state index is 5.87. The predicted octanol–water partition coefficient (Wildman–Crippen LogP) is 3.03. The van der Waals surface area contributed by atoms with Gasteiger partial charge in [0.05, 0.1) is 0 Å². The van der Waals surface area contributed by atoms with Gasteiger partial charge in [0.25, 0.3) is 0 Å². The van der Waals surface area contributed by atoms with Gasteiger partial charge in [0.15, 0.2) is 0 Å². The number of halogens is 1. The molecule has 2 aliphatic heterocycles. The van der Waals surface area contributed by atoms with E-state index >= 15 is 0 Å². The number of rotatable bonds is 2. The van der Waals surface area contributed by atoms with E-state index in [-0.39, 0.29) is 0 Å². The zero-order valence-corrected chi connectivity index (χ0v) is 10.0. The first-order valence-electron chi connectivity index (χ1n) is 6.08. The van der Waals surface area contributed by atoms with Crippen LogP contribution in [0.3, 0.4) is 0 Å². The lowest BCUT2D eigenvalue weighted by molar-refractivity contribution is 0.378. The number of benzene rings is 1. The summed E-state index contributed by atoms with van der Waals surface area (Å²) < 4.78 is 0. The Morgan fingerprint density at radius 1 is 1.06 bits per heavy atom. The highest BCUT2D eigenvalue weighted by atomic mass is 35.5. The van der Waals surface area contributed by atoms with Crippen molar-refractivity contribution in [3.05, 3.63) is 29.3 Å². The lowest BCUT2D eigenvalue weighted by Gasteiger charge is -2.30. The Hall–Kier alpha value is -0.730. The summed E-state index contributed by atoms with van der Waals surface area (Å²) in [7, 11) is 0. The maximum absolute atomic E-state index is 5.87. The van der Waals surface area contributed by atoms with Crippen molar-refractivity contribution < 1.29 is 0 Å². The quantitative estimate of drug-likeness (QED) is 0.825. The van der Waals surface area contributed by atoms with Gasteiger partial charge in [0.2, 0.25) is 0 Å². The zero-order valence-electron chi connectivity index (χ0n) is 9.25. The molecule has 2 N–H and O–H groups in total. The molecule has 2 aliphatic rings. The first-order valence-corrected chi connectivity index (χ1v) is 6.45. The number of hydrogen-bond donors (Lipinski definition) is 2. The molecule has 16 heavy (non-hydrogen) atoms. The van der Waals surface area contributed by atoms with Crippen molar-refractivity contribution in [2.24, 2.45) is 0 Å². The summed E-state index contributed by atoms with van der Waals surface area (Å²) >= 11 is 5.87. The summed E-state index contributed by atoms with van der Waals surface area (Å²) in [5, 5.41) is 8.07. The summed E-state index contributed by atoms with van der Waals surface area (Å²) in [6.07, 6.45) is 5.20. The van der Waals surface area contributed by atoms with E-state index in [0.717, 1.165) is 17.1 Å². The molecule has 2 heterocycles. The van der Waals surface area contributed by atoms with Gasteiger partial charge in [-0.3, -0.25) is 0 Å². The lowest BCUT2D eigenvalue weighted by atomic mass is 9.99. The highest BCUT2D eigenvalue weighted by Crippen LogP contribution is 2.28. The van der Waals surface area contributed by atoms with Crippen LogP contribution in [0.5, 0.6) is 0 Å². The van der Waals surface area contributed by atoms with E-state index in [1.807, 2.05) is 12.1 Å². The molecule has 0 aromatic heterocycles. The molecule has 1 aromatic rings. The smallest absolute Gasteiger partial charge is 0.0407 e. The largest absolute Gasteiger partial charge is 0.382 e. The van der Waals surface area contributed by atoms with Crippen LogP contribution < -0.4 is 10.6 Å². The highest BCUT2D eigenvalue weighted by Gasteiger charge is 2.33. The standard InChI is InChI=1S/C13H17ClN2/c14-9-1-3-10(4-2-9)15-13-7-11-5-6-12(8-13)16-11/h1-4,11-13,15-16H,5-8H2. The molecule has 2 unspecified atom stereocenters. The molecule has 3 rings (SSSR count). The van der Waals surface area contributed by atoms with Crippen LogP contribution in [0.25, 0.3) is 0 Å². The Morgan fingerprint density at radius 2 is 1.69 bits per heavy atom. The maximum Gasteiger partial charge on any atom is 0.0407 e. The average molecular weight is 237 g/mol. The molecule has 0 aliphatic carbocycles. The van der Waals surface area contributed by atoms with Crippen molar-refractivity contribution in [2.45, 2.75) is 43.8 Å². The molecule has 1 aromatic carbocycles.